The van der Waals surface area contributed by atoms with Gasteiger partial charge in [0.15, 0.2) is 0 Å². The molecule has 2 rings (SSSR count). The minimum Gasteiger partial charge on any atom is -0.488 e. The van der Waals surface area contributed by atoms with Crippen molar-refractivity contribution in [3.8, 4) is 5.75 Å². The van der Waals surface area contributed by atoms with Gasteiger partial charge in [0.25, 0.3) is 0 Å². The van der Waals surface area contributed by atoms with E-state index in [0.29, 0.717) is 16.5 Å². The third-order valence-corrected chi connectivity index (χ3v) is 3.39. The van der Waals surface area contributed by atoms with Gasteiger partial charge >= 0.3 is 0 Å². The van der Waals surface area contributed by atoms with Crippen molar-refractivity contribution < 1.29 is 9.94 Å². The van der Waals surface area contributed by atoms with Gasteiger partial charge in [0.1, 0.15) is 5.75 Å². The second-order valence-electron chi connectivity index (χ2n) is 4.33. The summed E-state index contributed by atoms with van der Waals surface area (Å²) in [5, 5.41) is 12.6. The second kappa shape index (κ2) is 5.41. The van der Waals surface area contributed by atoms with E-state index < -0.39 is 0 Å². The molecule has 0 atom stereocenters. The summed E-state index contributed by atoms with van der Waals surface area (Å²) in [5.41, 5.74) is 1.27. The summed E-state index contributed by atoms with van der Waals surface area (Å²) in [7, 11) is 0. The number of ether oxygens (including phenoxy) is 1. The average Bonchev–Trinajstić information content (AvgIpc) is 2.83. The molecule has 0 bridgehead atoms. The minimum absolute atomic E-state index is 0.236. The molecular formula is C13H16ClNO2. The number of nitrogens with zero attached hydrogens (tertiary/aromatic N) is 1. The van der Waals surface area contributed by atoms with Gasteiger partial charge in [-0.05, 0) is 44.7 Å². The highest BCUT2D eigenvalue weighted by Crippen LogP contribution is 2.33. The van der Waals surface area contributed by atoms with Crippen LogP contribution in [0.25, 0.3) is 0 Å². The molecule has 17 heavy (non-hydrogen) atoms. The van der Waals surface area contributed by atoms with Crippen molar-refractivity contribution in [2.24, 2.45) is 5.16 Å². The second-order valence-corrected chi connectivity index (χ2v) is 4.73. The first-order valence-corrected chi connectivity index (χ1v) is 6.24. The number of oxime groups is 1. The van der Waals surface area contributed by atoms with Crippen LogP contribution in [0.1, 0.15) is 38.2 Å². The summed E-state index contributed by atoms with van der Waals surface area (Å²) in [4.78, 5) is 0. The van der Waals surface area contributed by atoms with E-state index >= 15 is 0 Å². The molecule has 0 aliphatic heterocycles. The summed E-state index contributed by atoms with van der Waals surface area (Å²) in [6.07, 6.45) is 4.79. The molecule has 3 nitrogen and oxygen atoms in total. The van der Waals surface area contributed by atoms with Gasteiger partial charge in [0.05, 0.1) is 16.8 Å². The highest BCUT2D eigenvalue weighted by Gasteiger charge is 2.20. The van der Waals surface area contributed by atoms with Crippen molar-refractivity contribution in [2.45, 2.75) is 38.7 Å². The number of para-hydroxylation sites is 1. The van der Waals surface area contributed by atoms with E-state index in [-0.39, 0.29) is 6.10 Å². The Hall–Kier alpha value is -1.22. The fourth-order valence-electron chi connectivity index (χ4n) is 2.14. The first-order valence-electron chi connectivity index (χ1n) is 5.86. The smallest absolute Gasteiger partial charge is 0.147 e. The lowest BCUT2D eigenvalue weighted by Crippen LogP contribution is -2.13. The van der Waals surface area contributed by atoms with E-state index in [1.165, 1.54) is 12.8 Å². The molecule has 0 radical (unpaired) electrons. The van der Waals surface area contributed by atoms with Gasteiger partial charge < -0.3 is 9.94 Å². The summed E-state index contributed by atoms with van der Waals surface area (Å²) < 4.78 is 5.94. The molecule has 0 unspecified atom stereocenters. The van der Waals surface area contributed by atoms with Crippen molar-refractivity contribution in [3.63, 3.8) is 0 Å². The number of hydrogen-bond acceptors (Lipinski definition) is 3. The highest BCUT2D eigenvalue weighted by atomic mass is 35.5. The van der Waals surface area contributed by atoms with Gasteiger partial charge in [0, 0.05) is 5.56 Å². The lowest BCUT2D eigenvalue weighted by Gasteiger charge is -2.17. The number of halogens is 1. The Kier molecular flexibility index (Phi) is 3.89. The van der Waals surface area contributed by atoms with E-state index in [1.54, 1.807) is 13.0 Å². The molecule has 0 spiro atoms. The Bertz CT molecular complexity index is 425. The van der Waals surface area contributed by atoms with Crippen molar-refractivity contribution >= 4 is 17.3 Å². The molecule has 0 amide bonds. The molecule has 1 saturated carbocycles. The Morgan fingerprint density at radius 1 is 1.41 bits per heavy atom. The predicted octanol–water partition coefficient (Wildman–Crippen LogP) is 3.86. The maximum Gasteiger partial charge on any atom is 0.147 e. The lowest BCUT2D eigenvalue weighted by atomic mass is 10.1. The maximum absolute atomic E-state index is 8.85. The Morgan fingerprint density at radius 3 is 2.76 bits per heavy atom. The molecule has 0 aromatic heterocycles. The molecule has 0 heterocycles. The average molecular weight is 254 g/mol. The van der Waals surface area contributed by atoms with Crippen molar-refractivity contribution in [2.75, 3.05) is 0 Å². The molecule has 1 aliphatic rings. The molecule has 1 aromatic carbocycles. The topological polar surface area (TPSA) is 41.8 Å². The largest absolute Gasteiger partial charge is 0.488 e. The fraction of sp³-hybridized carbons (Fsp3) is 0.462. The van der Waals surface area contributed by atoms with Crippen LogP contribution in [0, 0.1) is 0 Å². The zero-order valence-electron chi connectivity index (χ0n) is 9.82. The molecule has 92 valence electrons. The van der Waals surface area contributed by atoms with Gasteiger partial charge in [-0.15, -0.1) is 0 Å². The van der Waals surface area contributed by atoms with Gasteiger partial charge in [-0.2, -0.15) is 0 Å². The molecule has 1 aromatic rings. The molecule has 0 saturated heterocycles. The Balaban J connectivity index is 2.29. The van der Waals surface area contributed by atoms with Crippen LogP contribution in [0.2, 0.25) is 5.02 Å². The van der Waals surface area contributed by atoms with Crippen molar-refractivity contribution in [1.29, 1.82) is 0 Å². The summed E-state index contributed by atoms with van der Waals surface area (Å²) in [6, 6.07) is 5.47. The van der Waals surface area contributed by atoms with E-state index in [4.69, 9.17) is 21.5 Å². The Labute approximate surface area is 106 Å². The van der Waals surface area contributed by atoms with Crippen LogP contribution in [0.4, 0.5) is 0 Å². The zero-order chi connectivity index (χ0) is 12.3. The maximum atomic E-state index is 8.85. The van der Waals surface area contributed by atoms with E-state index in [1.807, 2.05) is 12.1 Å². The van der Waals surface area contributed by atoms with Crippen LogP contribution in [0.15, 0.2) is 23.4 Å². The predicted molar refractivity (Wildman–Crippen MR) is 68.3 cm³/mol. The van der Waals surface area contributed by atoms with Crippen LogP contribution in [0.3, 0.4) is 0 Å². The van der Waals surface area contributed by atoms with Crippen LogP contribution in [0.5, 0.6) is 5.75 Å². The minimum atomic E-state index is 0.236. The van der Waals surface area contributed by atoms with Crippen LogP contribution in [-0.2, 0) is 0 Å². The van der Waals surface area contributed by atoms with E-state index in [2.05, 4.69) is 5.16 Å². The number of rotatable bonds is 3. The quantitative estimate of drug-likeness (QED) is 0.505. The first kappa shape index (κ1) is 12.2. The summed E-state index contributed by atoms with van der Waals surface area (Å²) >= 11 is 6.15. The summed E-state index contributed by atoms with van der Waals surface area (Å²) in [5.74, 6) is 0.636. The van der Waals surface area contributed by atoms with Crippen molar-refractivity contribution in [3.05, 3.63) is 28.8 Å². The third-order valence-electron chi connectivity index (χ3n) is 3.09. The first-order chi connectivity index (χ1) is 8.22. The highest BCUT2D eigenvalue weighted by molar-refractivity contribution is 6.32. The van der Waals surface area contributed by atoms with Crippen LogP contribution in [-0.4, -0.2) is 17.0 Å². The molecule has 1 fully saturated rings. The zero-order valence-corrected chi connectivity index (χ0v) is 10.6. The van der Waals surface area contributed by atoms with Crippen LogP contribution >= 0.6 is 11.6 Å². The molecular weight excluding hydrogens is 238 g/mol. The van der Waals surface area contributed by atoms with Gasteiger partial charge in [0.2, 0.25) is 0 Å². The lowest BCUT2D eigenvalue weighted by molar-refractivity contribution is 0.209. The van der Waals surface area contributed by atoms with Crippen LogP contribution < -0.4 is 4.74 Å². The number of benzene rings is 1. The van der Waals surface area contributed by atoms with Gasteiger partial charge in [-0.25, -0.2) is 0 Å². The third kappa shape index (κ3) is 2.72. The van der Waals surface area contributed by atoms with Gasteiger partial charge in [-0.1, -0.05) is 22.8 Å². The normalized spacial score (nSPS) is 17.4. The SMILES string of the molecule is C/C(=N\O)c1cccc(Cl)c1OC1CCCC1. The monoisotopic (exact) mass is 253 g/mol. The molecule has 1 aliphatic carbocycles. The Morgan fingerprint density at radius 2 is 2.12 bits per heavy atom. The molecule has 1 N–H and O–H groups in total. The van der Waals surface area contributed by atoms with E-state index in [0.717, 1.165) is 18.4 Å². The number of hydrogen-bond donors (Lipinski definition) is 1. The standard InChI is InChI=1S/C13H16ClNO2/c1-9(15-16)11-7-4-8-12(14)13(11)17-10-5-2-3-6-10/h4,7-8,10,16H,2-3,5-6H2,1H3/b15-9+. The molecule has 4 heteroatoms. The van der Waals surface area contributed by atoms with Gasteiger partial charge in [-0.3, -0.25) is 0 Å². The summed E-state index contributed by atoms with van der Waals surface area (Å²) in [6.45, 7) is 1.73. The fourth-order valence-corrected chi connectivity index (χ4v) is 2.36. The van der Waals surface area contributed by atoms with Crippen molar-refractivity contribution in [1.82, 2.24) is 0 Å². The van der Waals surface area contributed by atoms with E-state index in [9.17, 15) is 0 Å².